The van der Waals surface area contributed by atoms with Gasteiger partial charge in [0, 0.05) is 56.6 Å². The number of nitrogens with zero attached hydrogens (tertiary/aromatic N) is 6. The van der Waals surface area contributed by atoms with Gasteiger partial charge in [-0.1, -0.05) is 123 Å². The van der Waals surface area contributed by atoms with E-state index in [1.165, 1.54) is 108 Å². The van der Waals surface area contributed by atoms with Crippen molar-refractivity contribution in [3.05, 3.63) is 30.0 Å². The molecule has 1 aliphatic rings. The summed E-state index contributed by atoms with van der Waals surface area (Å²) in [6.45, 7) is 11.0. The second-order valence-corrected chi connectivity index (χ2v) is 14.0. The molecular weight excluding hydrogens is 610 g/mol. The minimum Gasteiger partial charge on any atom is -0.496 e. The van der Waals surface area contributed by atoms with Crippen LogP contribution in [0.2, 0.25) is 0 Å². The summed E-state index contributed by atoms with van der Waals surface area (Å²) in [7, 11) is 1.74. The number of nitrogens with one attached hydrogen (secondary N) is 2. The summed E-state index contributed by atoms with van der Waals surface area (Å²) < 4.78 is 7.74. The maximum Gasteiger partial charge on any atom is 0.222 e. The van der Waals surface area contributed by atoms with Crippen molar-refractivity contribution in [3.8, 4) is 5.75 Å². The Balaban J connectivity index is 1.08. The molecule has 4 rings (SSSR count). The Morgan fingerprint density at radius 2 is 1.35 bits per heavy atom. The molecule has 274 valence electrons. The molecule has 1 aliphatic heterocycles. The van der Waals surface area contributed by atoms with E-state index in [0.29, 0.717) is 12.4 Å². The number of aromatic nitrogens is 4. The molecule has 2 aromatic heterocycles. The molecule has 49 heavy (non-hydrogen) atoms. The van der Waals surface area contributed by atoms with Gasteiger partial charge in [0.1, 0.15) is 11.3 Å². The Morgan fingerprint density at radius 3 is 1.96 bits per heavy atom. The highest BCUT2D eigenvalue weighted by Crippen LogP contribution is 2.28. The molecule has 0 radical (unpaired) electrons. The third-order valence-electron chi connectivity index (χ3n) is 9.86. The highest BCUT2D eigenvalue weighted by molar-refractivity contribution is 5.85. The van der Waals surface area contributed by atoms with Crippen molar-refractivity contribution in [2.75, 3.05) is 62.3 Å². The van der Waals surface area contributed by atoms with Crippen LogP contribution < -0.4 is 26.1 Å². The van der Waals surface area contributed by atoms with Gasteiger partial charge < -0.3 is 20.7 Å². The molecule has 0 unspecified atom stereocenters. The molecule has 3 heterocycles. The lowest BCUT2D eigenvalue weighted by atomic mass is 10.0. The van der Waals surface area contributed by atoms with Crippen LogP contribution in [0.1, 0.15) is 135 Å². The fourth-order valence-electron chi connectivity index (χ4n) is 6.83. The molecule has 0 atom stereocenters. The van der Waals surface area contributed by atoms with Gasteiger partial charge in [0.05, 0.1) is 19.9 Å². The molecule has 1 fully saturated rings. The summed E-state index contributed by atoms with van der Waals surface area (Å²) in [6.07, 6.45) is 26.7. The summed E-state index contributed by atoms with van der Waals surface area (Å²) in [5.41, 5.74) is 13.4. The minimum atomic E-state index is 0.253. The van der Waals surface area contributed by atoms with Crippen LogP contribution >= 0.6 is 0 Å². The van der Waals surface area contributed by atoms with Gasteiger partial charge in [-0.25, -0.2) is 9.99 Å². The van der Waals surface area contributed by atoms with E-state index in [2.05, 4.69) is 62.7 Å². The Kier molecular flexibility index (Phi) is 17.8. The summed E-state index contributed by atoms with van der Waals surface area (Å²) >= 11 is 0. The number of hydrazine groups is 1. The SMILES string of the molecule is CCCCCCCCCCCCCCCCCCNN1CCN(c2ccc(Cn3cc4nc(N)nc(NCCCC)c4n3)c(OC)c2)CC1. The fraction of sp³-hybridized carbons (Fsp3) is 0.718. The first-order valence-electron chi connectivity index (χ1n) is 19.8. The number of methoxy groups -OCH3 is 1. The number of piperazine rings is 1. The highest BCUT2D eigenvalue weighted by atomic mass is 16.5. The van der Waals surface area contributed by atoms with E-state index in [1.54, 1.807) is 7.11 Å². The molecule has 1 aromatic carbocycles. The maximum absolute atomic E-state index is 5.98. The molecule has 0 amide bonds. The Hall–Kier alpha value is -3.11. The van der Waals surface area contributed by atoms with E-state index in [0.717, 1.165) is 74.5 Å². The van der Waals surface area contributed by atoms with Gasteiger partial charge in [0.15, 0.2) is 11.3 Å². The van der Waals surface area contributed by atoms with E-state index in [-0.39, 0.29) is 5.95 Å². The first-order valence-corrected chi connectivity index (χ1v) is 19.8. The van der Waals surface area contributed by atoms with E-state index >= 15 is 0 Å². The van der Waals surface area contributed by atoms with Crippen molar-refractivity contribution in [3.63, 3.8) is 0 Å². The zero-order valence-corrected chi connectivity index (χ0v) is 31.2. The van der Waals surface area contributed by atoms with Crippen LogP contribution in [-0.4, -0.2) is 71.1 Å². The maximum atomic E-state index is 5.98. The number of nitrogens with two attached hydrogens (primary N) is 1. The summed E-state index contributed by atoms with van der Waals surface area (Å²) in [5, 5.41) is 10.6. The van der Waals surface area contributed by atoms with Crippen LogP contribution in [0.25, 0.3) is 11.0 Å². The number of anilines is 3. The molecule has 0 spiro atoms. The fourth-order valence-corrected chi connectivity index (χ4v) is 6.83. The topological polar surface area (TPSA) is 109 Å². The van der Waals surface area contributed by atoms with Gasteiger partial charge in [-0.05, 0) is 18.9 Å². The number of hydrogen-bond donors (Lipinski definition) is 3. The van der Waals surface area contributed by atoms with Gasteiger partial charge in [0.2, 0.25) is 5.95 Å². The number of rotatable bonds is 26. The van der Waals surface area contributed by atoms with E-state index < -0.39 is 0 Å². The Morgan fingerprint density at radius 1 is 0.735 bits per heavy atom. The first-order chi connectivity index (χ1) is 24.1. The van der Waals surface area contributed by atoms with E-state index in [9.17, 15) is 0 Å². The van der Waals surface area contributed by atoms with E-state index in [1.807, 2.05) is 10.9 Å². The largest absolute Gasteiger partial charge is 0.496 e. The van der Waals surface area contributed by atoms with Crippen molar-refractivity contribution in [1.29, 1.82) is 0 Å². The molecule has 0 saturated carbocycles. The van der Waals surface area contributed by atoms with Crippen molar-refractivity contribution >= 4 is 28.5 Å². The lowest BCUT2D eigenvalue weighted by Gasteiger charge is -2.36. The molecular formula is C39H67N9O. The Bertz CT molecular complexity index is 1320. The minimum absolute atomic E-state index is 0.253. The smallest absolute Gasteiger partial charge is 0.222 e. The summed E-state index contributed by atoms with van der Waals surface area (Å²) in [6, 6.07) is 6.52. The molecule has 10 nitrogen and oxygen atoms in total. The van der Waals surface area contributed by atoms with Crippen molar-refractivity contribution < 1.29 is 4.74 Å². The highest BCUT2D eigenvalue weighted by Gasteiger charge is 2.19. The normalized spacial score (nSPS) is 13.8. The second-order valence-electron chi connectivity index (χ2n) is 14.0. The molecule has 4 N–H and O–H groups in total. The number of benzene rings is 1. The number of hydrogen-bond acceptors (Lipinski definition) is 9. The second kappa shape index (κ2) is 22.6. The van der Waals surface area contributed by atoms with Crippen molar-refractivity contribution in [2.24, 2.45) is 0 Å². The predicted octanol–water partition coefficient (Wildman–Crippen LogP) is 8.57. The molecule has 0 aliphatic carbocycles. The lowest BCUT2D eigenvalue weighted by Crippen LogP contribution is -2.52. The third-order valence-corrected chi connectivity index (χ3v) is 9.86. The molecule has 3 aromatic rings. The zero-order chi connectivity index (χ0) is 34.5. The van der Waals surface area contributed by atoms with Gasteiger partial charge >= 0.3 is 0 Å². The number of fused-ring (bicyclic) bond motifs is 1. The van der Waals surface area contributed by atoms with Crippen LogP contribution in [0.15, 0.2) is 24.4 Å². The van der Waals surface area contributed by atoms with Crippen LogP contribution in [-0.2, 0) is 6.54 Å². The third kappa shape index (κ3) is 13.6. The van der Waals surface area contributed by atoms with Crippen LogP contribution in [0.4, 0.5) is 17.5 Å². The van der Waals surface area contributed by atoms with Gasteiger partial charge in [0.25, 0.3) is 0 Å². The van der Waals surface area contributed by atoms with Crippen molar-refractivity contribution in [1.82, 2.24) is 30.2 Å². The standard InChI is InChI=1S/C39H67N9O/c1-4-6-8-9-10-11-12-13-14-15-16-17-18-19-20-21-25-42-47-28-26-46(27-29-47)34-23-22-33(36(30-34)49-3)31-48-32-35-37(45-48)38(41-24-7-5-2)44-39(40)43-35/h22-23,30,32,42H,4-21,24-29,31H2,1-3H3,(H3,40,41,43,44). The number of unbranched alkanes of at least 4 members (excludes halogenated alkanes) is 16. The van der Waals surface area contributed by atoms with Crippen LogP contribution in [0.5, 0.6) is 5.75 Å². The van der Waals surface area contributed by atoms with Crippen LogP contribution in [0.3, 0.4) is 0 Å². The Labute approximate surface area is 296 Å². The van der Waals surface area contributed by atoms with E-state index in [4.69, 9.17) is 15.6 Å². The molecule has 1 saturated heterocycles. The number of nitrogen functional groups attached to an aromatic ring is 1. The predicted molar refractivity (Wildman–Crippen MR) is 207 cm³/mol. The average Bonchev–Trinajstić information content (AvgIpc) is 3.52. The van der Waals surface area contributed by atoms with Crippen molar-refractivity contribution in [2.45, 2.75) is 136 Å². The van der Waals surface area contributed by atoms with Gasteiger partial charge in [-0.15, -0.1) is 0 Å². The lowest BCUT2D eigenvalue weighted by molar-refractivity contribution is 0.175. The first kappa shape index (κ1) is 38.7. The monoisotopic (exact) mass is 678 g/mol. The summed E-state index contributed by atoms with van der Waals surface area (Å²) in [5.74, 6) is 1.81. The van der Waals surface area contributed by atoms with Crippen LogP contribution in [0, 0.1) is 0 Å². The number of ether oxygens (including phenoxy) is 1. The zero-order valence-electron chi connectivity index (χ0n) is 31.2. The quantitative estimate of drug-likeness (QED) is 0.0720. The average molecular weight is 678 g/mol. The van der Waals surface area contributed by atoms with Gasteiger partial charge in [-0.2, -0.15) is 10.1 Å². The van der Waals surface area contributed by atoms with Gasteiger partial charge in [-0.3, -0.25) is 10.1 Å². The summed E-state index contributed by atoms with van der Waals surface area (Å²) in [4.78, 5) is 11.3. The molecule has 0 bridgehead atoms. The molecule has 10 heteroatoms.